The van der Waals surface area contributed by atoms with E-state index in [0.29, 0.717) is 6.42 Å². The smallest absolute Gasteiger partial charge is 0.261 e. The topological polar surface area (TPSA) is 57.6 Å². The molecule has 0 aliphatic carbocycles. The molecule has 0 radical (unpaired) electrons. The van der Waals surface area contributed by atoms with Crippen molar-refractivity contribution in [1.29, 1.82) is 0 Å². The highest BCUT2D eigenvalue weighted by Gasteiger charge is 2.38. The number of aliphatic hydroxyl groups is 1. The highest BCUT2D eigenvalue weighted by Crippen LogP contribution is 2.27. The Bertz CT molecular complexity index is 567. The molecule has 0 saturated heterocycles. The van der Waals surface area contributed by atoms with Crippen LogP contribution >= 0.6 is 0 Å². The molecular weight excluding hydrogens is 280 g/mol. The normalized spacial score (nSPS) is 16.4. The van der Waals surface area contributed by atoms with Gasteiger partial charge < -0.3 is 5.11 Å². The van der Waals surface area contributed by atoms with E-state index in [1.807, 2.05) is 20.8 Å². The lowest BCUT2D eigenvalue weighted by molar-refractivity contribution is 0.0475. The van der Waals surface area contributed by atoms with Gasteiger partial charge in [-0.05, 0) is 24.0 Å². The van der Waals surface area contributed by atoms with Gasteiger partial charge in [0.2, 0.25) is 0 Å². The third kappa shape index (κ3) is 3.10. The summed E-state index contributed by atoms with van der Waals surface area (Å²) in [5, 5.41) is 9.97. The van der Waals surface area contributed by atoms with Crippen LogP contribution in [-0.2, 0) is 0 Å². The Morgan fingerprint density at radius 1 is 1.10 bits per heavy atom. The van der Waals surface area contributed by atoms with Gasteiger partial charge in [-0.15, -0.1) is 0 Å². The second-order valence-electron chi connectivity index (χ2n) is 6.45. The number of amides is 2. The van der Waals surface area contributed by atoms with Crippen LogP contribution in [0.3, 0.4) is 0 Å². The van der Waals surface area contributed by atoms with Gasteiger partial charge in [0.15, 0.2) is 11.6 Å². The summed E-state index contributed by atoms with van der Waals surface area (Å²) in [5.41, 5.74) is -0.500. The summed E-state index contributed by atoms with van der Waals surface area (Å²) >= 11 is 0. The first kappa shape index (κ1) is 15.6. The van der Waals surface area contributed by atoms with Crippen LogP contribution in [0.15, 0.2) is 12.1 Å². The molecule has 114 valence electrons. The predicted molar refractivity (Wildman–Crippen MR) is 71.8 cm³/mol. The Hall–Kier alpha value is -1.82. The molecule has 1 aromatic rings. The third-order valence-electron chi connectivity index (χ3n) is 3.25. The highest BCUT2D eigenvalue weighted by molar-refractivity contribution is 6.21. The summed E-state index contributed by atoms with van der Waals surface area (Å²) < 4.78 is 26.4. The number of carbonyl (C=O) groups excluding carboxylic acids is 2. The summed E-state index contributed by atoms with van der Waals surface area (Å²) in [5.74, 6) is -3.76. The van der Waals surface area contributed by atoms with Crippen LogP contribution in [0, 0.1) is 17.0 Å². The zero-order valence-electron chi connectivity index (χ0n) is 12.1. The predicted octanol–water partition coefficient (Wildman–Crippen LogP) is 2.36. The van der Waals surface area contributed by atoms with E-state index in [0.717, 1.165) is 17.0 Å². The van der Waals surface area contributed by atoms with Gasteiger partial charge in [0, 0.05) is 0 Å². The van der Waals surface area contributed by atoms with Gasteiger partial charge in [0.1, 0.15) is 0 Å². The molecule has 2 amide bonds. The molecule has 0 fully saturated rings. The van der Waals surface area contributed by atoms with E-state index in [4.69, 9.17) is 0 Å². The van der Waals surface area contributed by atoms with Crippen LogP contribution in [0.25, 0.3) is 0 Å². The van der Waals surface area contributed by atoms with Crippen molar-refractivity contribution in [3.8, 4) is 0 Å². The zero-order valence-corrected chi connectivity index (χ0v) is 12.1. The maximum Gasteiger partial charge on any atom is 0.261 e. The largest absolute Gasteiger partial charge is 0.391 e. The molecule has 21 heavy (non-hydrogen) atoms. The Kier molecular flexibility index (Phi) is 3.84. The van der Waals surface area contributed by atoms with Crippen LogP contribution in [0.2, 0.25) is 0 Å². The number of rotatable bonds is 3. The number of carbonyl (C=O) groups is 2. The van der Waals surface area contributed by atoms with Crippen LogP contribution < -0.4 is 0 Å². The van der Waals surface area contributed by atoms with E-state index in [1.165, 1.54) is 0 Å². The molecule has 1 heterocycles. The molecule has 0 spiro atoms. The summed E-state index contributed by atoms with van der Waals surface area (Å²) in [6.07, 6.45) is -0.495. The number of nitrogens with zero attached hydrogens (tertiary/aromatic N) is 1. The summed E-state index contributed by atoms with van der Waals surface area (Å²) in [6.45, 7) is 5.57. The SMILES string of the molecule is CC(C)(C)CC(O)CN1C(=O)c2cc(F)c(F)cc2C1=O. The van der Waals surface area contributed by atoms with E-state index >= 15 is 0 Å². The summed E-state index contributed by atoms with van der Waals surface area (Å²) in [6, 6.07) is 1.45. The van der Waals surface area contributed by atoms with Crippen LogP contribution in [0.1, 0.15) is 47.9 Å². The fourth-order valence-electron chi connectivity index (χ4n) is 2.43. The van der Waals surface area contributed by atoms with Crippen LogP contribution in [0.4, 0.5) is 8.78 Å². The standard InChI is InChI=1S/C15H17F2NO3/c1-15(2,3)6-8(19)7-18-13(20)9-4-11(16)12(17)5-10(9)14(18)21/h4-5,8,19H,6-7H2,1-3H3. The molecule has 1 unspecified atom stereocenters. The molecular formula is C15H17F2NO3. The fraction of sp³-hybridized carbons (Fsp3) is 0.467. The van der Waals surface area contributed by atoms with Gasteiger partial charge in [-0.25, -0.2) is 8.78 Å². The van der Waals surface area contributed by atoms with Crippen molar-refractivity contribution in [1.82, 2.24) is 4.90 Å². The molecule has 1 aromatic carbocycles. The Morgan fingerprint density at radius 3 is 1.90 bits per heavy atom. The number of hydrogen-bond donors (Lipinski definition) is 1. The van der Waals surface area contributed by atoms with Gasteiger partial charge in [-0.2, -0.15) is 0 Å². The number of β-amino-alcohol motifs (C(OH)–C–C–N with tert-alkyl or cyclic N) is 1. The van der Waals surface area contributed by atoms with Gasteiger partial charge >= 0.3 is 0 Å². The monoisotopic (exact) mass is 297 g/mol. The number of halogens is 2. The Balaban J connectivity index is 2.22. The van der Waals surface area contributed by atoms with Crippen molar-refractivity contribution in [3.05, 3.63) is 34.9 Å². The van der Waals surface area contributed by atoms with Crippen molar-refractivity contribution in [2.24, 2.45) is 5.41 Å². The van der Waals surface area contributed by atoms with Gasteiger partial charge in [-0.1, -0.05) is 20.8 Å². The van der Waals surface area contributed by atoms with Crippen LogP contribution in [-0.4, -0.2) is 34.5 Å². The molecule has 0 bridgehead atoms. The quantitative estimate of drug-likeness (QED) is 0.871. The first-order valence-corrected chi connectivity index (χ1v) is 6.63. The minimum absolute atomic E-state index is 0.165. The molecule has 2 rings (SSSR count). The van der Waals surface area contributed by atoms with Crippen LogP contribution in [0.5, 0.6) is 0 Å². The molecule has 4 nitrogen and oxygen atoms in total. The maximum absolute atomic E-state index is 13.2. The van der Waals surface area contributed by atoms with Crippen molar-refractivity contribution in [2.75, 3.05) is 6.54 Å². The van der Waals surface area contributed by atoms with Crippen molar-refractivity contribution >= 4 is 11.8 Å². The molecule has 1 aliphatic rings. The van der Waals surface area contributed by atoms with Gasteiger partial charge in [0.05, 0.1) is 23.8 Å². The van der Waals surface area contributed by atoms with Gasteiger partial charge in [0.25, 0.3) is 11.8 Å². The highest BCUT2D eigenvalue weighted by atomic mass is 19.2. The van der Waals surface area contributed by atoms with Crippen molar-refractivity contribution in [3.63, 3.8) is 0 Å². The van der Waals surface area contributed by atoms with Gasteiger partial charge in [-0.3, -0.25) is 14.5 Å². The first-order chi connectivity index (χ1) is 9.60. The van der Waals surface area contributed by atoms with E-state index in [9.17, 15) is 23.5 Å². The first-order valence-electron chi connectivity index (χ1n) is 6.63. The number of fused-ring (bicyclic) bond motifs is 1. The van der Waals surface area contributed by atoms with Crippen molar-refractivity contribution < 1.29 is 23.5 Å². The second kappa shape index (κ2) is 5.18. The minimum atomic E-state index is -1.17. The lowest BCUT2D eigenvalue weighted by atomic mass is 9.89. The summed E-state index contributed by atoms with van der Waals surface area (Å²) in [7, 11) is 0. The zero-order chi connectivity index (χ0) is 15.9. The molecule has 1 aliphatic heterocycles. The Morgan fingerprint density at radius 2 is 1.52 bits per heavy atom. The molecule has 1 atom stereocenters. The van der Waals surface area contributed by atoms with E-state index in [-0.39, 0.29) is 23.1 Å². The molecule has 0 saturated carbocycles. The molecule has 0 aromatic heterocycles. The lowest BCUT2D eigenvalue weighted by Crippen LogP contribution is -2.38. The average Bonchev–Trinajstić information content (AvgIpc) is 2.54. The minimum Gasteiger partial charge on any atom is -0.391 e. The average molecular weight is 297 g/mol. The lowest BCUT2D eigenvalue weighted by Gasteiger charge is -2.25. The number of imide groups is 1. The number of benzene rings is 1. The fourth-order valence-corrected chi connectivity index (χ4v) is 2.43. The maximum atomic E-state index is 13.2. The number of aliphatic hydroxyl groups excluding tert-OH is 1. The van der Waals surface area contributed by atoms with E-state index in [1.54, 1.807) is 0 Å². The Labute approximate surface area is 121 Å². The second-order valence-corrected chi connectivity index (χ2v) is 6.45. The number of hydrogen-bond acceptors (Lipinski definition) is 3. The van der Waals surface area contributed by atoms with Crippen molar-refractivity contribution in [2.45, 2.75) is 33.3 Å². The van der Waals surface area contributed by atoms with E-state index < -0.39 is 29.6 Å². The van der Waals surface area contributed by atoms with E-state index in [2.05, 4.69) is 0 Å². The summed E-state index contributed by atoms with van der Waals surface area (Å²) in [4.78, 5) is 25.0. The third-order valence-corrected chi connectivity index (χ3v) is 3.25. The molecule has 6 heteroatoms. The molecule has 1 N–H and O–H groups in total.